The van der Waals surface area contributed by atoms with Gasteiger partial charge in [-0.1, -0.05) is 79.2 Å². The number of aromatic nitrogens is 2. The molecule has 0 spiro atoms. The largest absolute Gasteiger partial charge is 0.339 e. The van der Waals surface area contributed by atoms with Gasteiger partial charge in [-0.25, -0.2) is 0 Å². The summed E-state index contributed by atoms with van der Waals surface area (Å²) in [5, 5.41) is 12.7. The molecule has 1 heterocycles. The summed E-state index contributed by atoms with van der Waals surface area (Å²) in [6, 6.07) is 17.2. The molecule has 33 heavy (non-hydrogen) atoms. The van der Waals surface area contributed by atoms with Crippen LogP contribution in [0, 0.1) is 0 Å². The average molecular weight is 485 g/mol. The molecule has 0 saturated heterocycles. The maximum absolute atomic E-state index is 13.4. The van der Waals surface area contributed by atoms with Gasteiger partial charge in [-0.05, 0) is 37.5 Å². The Kier molecular flexibility index (Phi) is 8.97. The van der Waals surface area contributed by atoms with Crippen molar-refractivity contribution in [3.8, 4) is 10.6 Å². The summed E-state index contributed by atoms with van der Waals surface area (Å²) in [6.45, 7) is 6.44. The quantitative estimate of drug-likeness (QED) is 0.382. The minimum absolute atomic E-state index is 0.0408. The molecule has 2 atom stereocenters. The lowest BCUT2D eigenvalue weighted by Gasteiger charge is -2.32. The zero-order valence-electron chi connectivity index (χ0n) is 19.1. The van der Waals surface area contributed by atoms with Gasteiger partial charge in [0, 0.05) is 29.6 Å². The monoisotopic (exact) mass is 484 g/mol. The molecule has 0 bridgehead atoms. The average Bonchev–Trinajstić information content (AvgIpc) is 3.28. The predicted octanol–water partition coefficient (Wildman–Crippen LogP) is 6.01. The number of carbonyl (C=O) groups is 2. The molecule has 174 valence electrons. The smallest absolute Gasteiger partial charge is 0.230 e. The van der Waals surface area contributed by atoms with E-state index in [9.17, 15) is 9.59 Å². The third-order valence-corrected chi connectivity index (χ3v) is 6.76. The summed E-state index contributed by atoms with van der Waals surface area (Å²) in [4.78, 5) is 27.9. The number of nitrogens with one attached hydrogen (secondary N) is 1. The van der Waals surface area contributed by atoms with Crippen LogP contribution in [0.1, 0.15) is 51.5 Å². The van der Waals surface area contributed by atoms with Crippen LogP contribution in [0.4, 0.5) is 5.13 Å². The first kappa shape index (κ1) is 24.9. The molecule has 0 fully saturated rings. The number of halogens is 1. The predicted molar refractivity (Wildman–Crippen MR) is 135 cm³/mol. The molecular formula is C25H29ClN4O2S. The fourth-order valence-corrected chi connectivity index (χ4v) is 4.57. The molecule has 8 heteroatoms. The van der Waals surface area contributed by atoms with Crippen molar-refractivity contribution in [2.45, 2.75) is 52.0 Å². The topological polar surface area (TPSA) is 75.2 Å². The number of carbonyl (C=O) groups excluding carboxylic acids is 2. The molecule has 2 aromatic carbocycles. The summed E-state index contributed by atoms with van der Waals surface area (Å²) in [5.74, 6) is -0.352. The molecule has 0 radical (unpaired) electrons. The lowest BCUT2D eigenvalue weighted by molar-refractivity contribution is -0.135. The molecule has 2 amide bonds. The SMILES string of the molecule is CC[C@H](C(=O)N(CCC(=O)Nc1nnc(-c2cccc(Cl)c2)s1)[C@H](C)CC)c1ccccc1. The van der Waals surface area contributed by atoms with Crippen LogP contribution in [-0.4, -0.2) is 39.5 Å². The Balaban J connectivity index is 1.64. The van der Waals surface area contributed by atoms with Crippen molar-refractivity contribution < 1.29 is 9.59 Å². The zero-order chi connectivity index (χ0) is 23.8. The number of hydrogen-bond donors (Lipinski definition) is 1. The second kappa shape index (κ2) is 11.9. The van der Waals surface area contributed by atoms with Crippen LogP contribution in [0.15, 0.2) is 54.6 Å². The highest BCUT2D eigenvalue weighted by atomic mass is 35.5. The molecule has 0 unspecified atom stereocenters. The van der Waals surface area contributed by atoms with Gasteiger partial charge in [0.2, 0.25) is 16.9 Å². The lowest BCUT2D eigenvalue weighted by atomic mass is 9.94. The van der Waals surface area contributed by atoms with Gasteiger partial charge in [-0.15, -0.1) is 10.2 Å². The van der Waals surface area contributed by atoms with E-state index < -0.39 is 0 Å². The Morgan fingerprint density at radius 3 is 2.48 bits per heavy atom. The molecule has 0 aliphatic rings. The molecule has 1 aromatic heterocycles. The second-order valence-corrected chi connectivity index (χ2v) is 9.30. The highest BCUT2D eigenvalue weighted by Gasteiger charge is 2.27. The number of benzene rings is 2. The van der Waals surface area contributed by atoms with Crippen LogP contribution in [0.2, 0.25) is 5.02 Å². The zero-order valence-corrected chi connectivity index (χ0v) is 20.7. The maximum Gasteiger partial charge on any atom is 0.230 e. The molecule has 1 N–H and O–H groups in total. The van der Waals surface area contributed by atoms with Gasteiger partial charge >= 0.3 is 0 Å². The summed E-state index contributed by atoms with van der Waals surface area (Å²) in [5.41, 5.74) is 1.85. The first-order valence-electron chi connectivity index (χ1n) is 11.2. The van der Waals surface area contributed by atoms with Gasteiger partial charge in [-0.3, -0.25) is 9.59 Å². The van der Waals surface area contributed by atoms with Crippen molar-refractivity contribution in [1.82, 2.24) is 15.1 Å². The molecule has 3 rings (SSSR count). The van der Waals surface area contributed by atoms with Gasteiger partial charge in [0.1, 0.15) is 5.01 Å². The Bertz CT molecular complexity index is 1070. The first-order chi connectivity index (χ1) is 15.9. The van der Waals surface area contributed by atoms with Crippen LogP contribution in [-0.2, 0) is 9.59 Å². The van der Waals surface area contributed by atoms with Crippen molar-refractivity contribution in [1.29, 1.82) is 0 Å². The Morgan fingerprint density at radius 1 is 1.06 bits per heavy atom. The molecule has 0 saturated carbocycles. The first-order valence-corrected chi connectivity index (χ1v) is 12.4. The Hall–Kier alpha value is -2.77. The molecular weight excluding hydrogens is 456 g/mol. The Labute approximate surface area is 204 Å². The summed E-state index contributed by atoms with van der Waals surface area (Å²) < 4.78 is 0. The number of nitrogens with zero attached hydrogens (tertiary/aromatic N) is 3. The standard InChI is InChI=1S/C25H29ClN4O2S/c1-4-17(3)30(24(32)21(5-2)18-10-7-6-8-11-18)15-14-22(31)27-25-29-28-23(33-25)19-12-9-13-20(26)16-19/h6-13,16-17,21H,4-5,14-15H2,1-3H3,(H,27,29,31)/t17-,21+/m1/s1. The number of amides is 2. The van der Waals surface area contributed by atoms with Crippen molar-refractivity contribution in [3.63, 3.8) is 0 Å². The Morgan fingerprint density at radius 2 is 1.82 bits per heavy atom. The summed E-state index contributed by atoms with van der Waals surface area (Å²) in [7, 11) is 0. The van der Waals surface area contributed by atoms with Gasteiger partial charge in [0.15, 0.2) is 0 Å². The van der Waals surface area contributed by atoms with Crippen molar-refractivity contribution >= 4 is 39.9 Å². The fraction of sp³-hybridized carbons (Fsp3) is 0.360. The third-order valence-electron chi connectivity index (χ3n) is 5.64. The van der Waals surface area contributed by atoms with E-state index in [-0.39, 0.29) is 30.2 Å². The van der Waals surface area contributed by atoms with E-state index in [1.165, 1.54) is 11.3 Å². The van der Waals surface area contributed by atoms with Crippen LogP contribution in [0.5, 0.6) is 0 Å². The molecule has 6 nitrogen and oxygen atoms in total. The van der Waals surface area contributed by atoms with Crippen molar-refractivity contribution in [3.05, 3.63) is 65.2 Å². The lowest BCUT2D eigenvalue weighted by Crippen LogP contribution is -2.42. The van der Waals surface area contributed by atoms with Gasteiger partial charge in [0.25, 0.3) is 0 Å². The minimum atomic E-state index is -0.216. The minimum Gasteiger partial charge on any atom is -0.339 e. The van der Waals surface area contributed by atoms with E-state index in [1.54, 1.807) is 12.1 Å². The van der Waals surface area contributed by atoms with Crippen LogP contribution in [0.3, 0.4) is 0 Å². The van der Waals surface area contributed by atoms with E-state index in [0.717, 1.165) is 17.5 Å². The van der Waals surface area contributed by atoms with E-state index in [0.29, 0.717) is 28.1 Å². The highest BCUT2D eigenvalue weighted by Crippen LogP contribution is 2.28. The van der Waals surface area contributed by atoms with E-state index in [2.05, 4.69) is 15.5 Å². The highest BCUT2D eigenvalue weighted by molar-refractivity contribution is 7.18. The van der Waals surface area contributed by atoms with Gasteiger partial charge < -0.3 is 10.2 Å². The van der Waals surface area contributed by atoms with Crippen LogP contribution >= 0.6 is 22.9 Å². The number of anilines is 1. The summed E-state index contributed by atoms with van der Waals surface area (Å²) >= 11 is 7.33. The van der Waals surface area contributed by atoms with Crippen LogP contribution in [0.25, 0.3) is 10.6 Å². The number of hydrogen-bond acceptors (Lipinski definition) is 5. The van der Waals surface area contributed by atoms with E-state index in [4.69, 9.17) is 11.6 Å². The van der Waals surface area contributed by atoms with Gasteiger partial charge in [-0.2, -0.15) is 0 Å². The van der Waals surface area contributed by atoms with Crippen molar-refractivity contribution in [2.75, 3.05) is 11.9 Å². The number of rotatable bonds is 10. The molecule has 0 aliphatic heterocycles. The van der Waals surface area contributed by atoms with E-state index >= 15 is 0 Å². The van der Waals surface area contributed by atoms with Crippen LogP contribution < -0.4 is 5.32 Å². The van der Waals surface area contributed by atoms with Crippen molar-refractivity contribution in [2.24, 2.45) is 0 Å². The summed E-state index contributed by atoms with van der Waals surface area (Å²) in [6.07, 6.45) is 1.71. The second-order valence-electron chi connectivity index (χ2n) is 7.88. The van der Waals surface area contributed by atoms with Gasteiger partial charge in [0.05, 0.1) is 5.92 Å². The molecule has 3 aromatic rings. The van der Waals surface area contributed by atoms with E-state index in [1.807, 2.05) is 68.1 Å². The third kappa shape index (κ3) is 6.62. The fourth-order valence-electron chi connectivity index (χ4n) is 3.62. The maximum atomic E-state index is 13.4. The molecule has 0 aliphatic carbocycles. The normalized spacial score (nSPS) is 12.7.